The van der Waals surface area contributed by atoms with Gasteiger partial charge >= 0.3 is 0 Å². The summed E-state index contributed by atoms with van der Waals surface area (Å²) in [5, 5.41) is 1.17. The molecule has 1 aromatic heterocycles. The van der Waals surface area contributed by atoms with E-state index in [1.807, 2.05) is 18.2 Å². The fourth-order valence-electron chi connectivity index (χ4n) is 1.17. The van der Waals surface area contributed by atoms with Crippen molar-refractivity contribution in [2.24, 2.45) is 0 Å². The zero-order valence-corrected chi connectivity index (χ0v) is 10.9. The molecule has 66 valence electrons. The third-order valence-corrected chi connectivity index (χ3v) is 5.04. The Morgan fingerprint density at radius 3 is 2.54 bits per heavy atom. The molecule has 2 rings (SSSR count). The van der Waals surface area contributed by atoms with Crippen LogP contribution in [0, 0.1) is 7.14 Å². The van der Waals surface area contributed by atoms with Crippen LogP contribution in [0.3, 0.4) is 0 Å². The van der Waals surface area contributed by atoms with Crippen molar-refractivity contribution >= 4 is 61.9 Å². The normalized spacial score (nSPS) is 10.6. The summed E-state index contributed by atoms with van der Waals surface area (Å²) in [7, 11) is 0. The second-order valence-electron chi connectivity index (χ2n) is 2.64. The van der Waals surface area contributed by atoms with Gasteiger partial charge in [-0.15, -0.1) is 0 Å². The van der Waals surface area contributed by atoms with Crippen molar-refractivity contribution in [2.45, 2.75) is 0 Å². The van der Waals surface area contributed by atoms with Crippen LogP contribution in [0.25, 0.3) is 10.9 Å². The quantitative estimate of drug-likeness (QED) is 0.696. The van der Waals surface area contributed by atoms with Crippen LogP contribution in [0.5, 0.6) is 0 Å². The molecule has 2 aromatic rings. The number of hydrogen-bond donors (Lipinski definition) is 1. The minimum Gasteiger partial charge on any atom is -0.383 e. The molecule has 0 fully saturated rings. The van der Waals surface area contributed by atoms with Gasteiger partial charge in [-0.1, -0.05) is 18.2 Å². The average molecular weight is 396 g/mol. The summed E-state index contributed by atoms with van der Waals surface area (Å²) >= 11 is 4.52. The van der Waals surface area contributed by atoms with Crippen LogP contribution in [0.15, 0.2) is 24.3 Å². The van der Waals surface area contributed by atoms with E-state index in [2.05, 4.69) is 56.2 Å². The number of para-hydroxylation sites is 1. The van der Waals surface area contributed by atoms with Gasteiger partial charge in [0.25, 0.3) is 0 Å². The number of halogens is 2. The minimum atomic E-state index is 0.615. The van der Waals surface area contributed by atoms with Crippen LogP contribution in [-0.2, 0) is 0 Å². The first kappa shape index (κ1) is 9.45. The maximum absolute atomic E-state index is 5.76. The highest BCUT2D eigenvalue weighted by molar-refractivity contribution is 14.1. The summed E-state index contributed by atoms with van der Waals surface area (Å²) in [6, 6.07) is 8.02. The van der Waals surface area contributed by atoms with E-state index >= 15 is 0 Å². The Balaban J connectivity index is 2.94. The maximum Gasteiger partial charge on any atom is 0.138 e. The molecule has 0 amide bonds. The fraction of sp³-hybridized carbons (Fsp3) is 0. The van der Waals surface area contributed by atoms with Gasteiger partial charge in [0.05, 0.1) is 9.09 Å². The zero-order chi connectivity index (χ0) is 9.42. The Hall–Kier alpha value is -0.110. The van der Waals surface area contributed by atoms with E-state index in [4.69, 9.17) is 5.73 Å². The van der Waals surface area contributed by atoms with Gasteiger partial charge in [-0.3, -0.25) is 0 Å². The molecular formula is C9H6I2N2. The van der Waals surface area contributed by atoms with Crippen LogP contribution < -0.4 is 5.73 Å². The summed E-state index contributed by atoms with van der Waals surface area (Å²) in [5.74, 6) is 0.615. The lowest BCUT2D eigenvalue weighted by Crippen LogP contribution is -1.97. The molecule has 0 saturated heterocycles. The largest absolute Gasteiger partial charge is 0.383 e. The van der Waals surface area contributed by atoms with Crippen molar-refractivity contribution in [1.29, 1.82) is 0 Å². The maximum atomic E-state index is 5.76. The monoisotopic (exact) mass is 396 g/mol. The molecule has 2 nitrogen and oxygen atoms in total. The smallest absolute Gasteiger partial charge is 0.138 e. The molecule has 0 saturated carbocycles. The summed E-state index contributed by atoms with van der Waals surface area (Å²) in [6.07, 6.45) is 0. The van der Waals surface area contributed by atoms with Gasteiger partial charge in [-0.05, 0) is 51.2 Å². The van der Waals surface area contributed by atoms with E-state index in [0.717, 1.165) is 9.09 Å². The molecule has 0 bridgehead atoms. The predicted molar refractivity (Wildman–Crippen MR) is 71.6 cm³/mol. The third kappa shape index (κ3) is 1.61. The van der Waals surface area contributed by atoms with E-state index in [1.54, 1.807) is 0 Å². The molecule has 13 heavy (non-hydrogen) atoms. The Kier molecular flexibility index (Phi) is 2.59. The Morgan fingerprint density at radius 2 is 1.77 bits per heavy atom. The Labute approximate surface area is 103 Å². The van der Waals surface area contributed by atoms with E-state index in [0.29, 0.717) is 5.82 Å². The standard InChI is InChI=1S/C9H6I2N2/c10-7-5-3-1-2-4-6(5)13-9(12)8(7)11/h1-4H,(H2,12,13). The first-order valence-electron chi connectivity index (χ1n) is 3.69. The summed E-state index contributed by atoms with van der Waals surface area (Å²) in [5.41, 5.74) is 6.73. The van der Waals surface area contributed by atoms with Crippen LogP contribution in [0.4, 0.5) is 5.82 Å². The lowest BCUT2D eigenvalue weighted by Gasteiger charge is -2.04. The highest BCUT2D eigenvalue weighted by atomic mass is 127. The van der Waals surface area contributed by atoms with Crippen LogP contribution >= 0.6 is 45.2 Å². The van der Waals surface area contributed by atoms with Crippen LogP contribution in [-0.4, -0.2) is 4.98 Å². The third-order valence-electron chi connectivity index (χ3n) is 1.80. The highest BCUT2D eigenvalue weighted by Gasteiger charge is 2.07. The molecule has 4 heteroatoms. The van der Waals surface area contributed by atoms with E-state index < -0.39 is 0 Å². The Morgan fingerprint density at radius 1 is 1.08 bits per heavy atom. The average Bonchev–Trinajstić information content (AvgIpc) is 2.15. The number of nitrogens with zero attached hydrogens (tertiary/aromatic N) is 1. The molecule has 0 aliphatic heterocycles. The number of nitrogen functional groups attached to an aromatic ring is 1. The Bertz CT molecular complexity index is 468. The lowest BCUT2D eigenvalue weighted by atomic mass is 10.2. The molecule has 2 N–H and O–H groups in total. The molecule has 0 atom stereocenters. The molecule has 1 aromatic carbocycles. The number of anilines is 1. The van der Waals surface area contributed by atoms with E-state index in [1.165, 1.54) is 8.96 Å². The van der Waals surface area contributed by atoms with E-state index in [-0.39, 0.29) is 0 Å². The topological polar surface area (TPSA) is 38.9 Å². The minimum absolute atomic E-state index is 0.615. The molecule has 1 heterocycles. The van der Waals surface area contributed by atoms with Crippen molar-refractivity contribution in [3.05, 3.63) is 31.4 Å². The van der Waals surface area contributed by atoms with Gasteiger partial charge in [0.1, 0.15) is 5.82 Å². The fourth-order valence-corrected chi connectivity index (χ4v) is 2.31. The van der Waals surface area contributed by atoms with Gasteiger partial charge < -0.3 is 5.73 Å². The van der Waals surface area contributed by atoms with Crippen molar-refractivity contribution < 1.29 is 0 Å². The van der Waals surface area contributed by atoms with Gasteiger partial charge in [0, 0.05) is 8.96 Å². The first-order chi connectivity index (χ1) is 6.20. The van der Waals surface area contributed by atoms with Gasteiger partial charge in [0.2, 0.25) is 0 Å². The number of pyridine rings is 1. The number of nitrogens with two attached hydrogens (primary N) is 1. The summed E-state index contributed by atoms with van der Waals surface area (Å²) < 4.78 is 2.22. The molecule has 0 spiro atoms. The van der Waals surface area contributed by atoms with Gasteiger partial charge in [-0.25, -0.2) is 4.98 Å². The number of benzene rings is 1. The lowest BCUT2D eigenvalue weighted by molar-refractivity contribution is 1.38. The first-order valence-corrected chi connectivity index (χ1v) is 5.85. The van der Waals surface area contributed by atoms with Gasteiger partial charge in [0.15, 0.2) is 0 Å². The van der Waals surface area contributed by atoms with Crippen LogP contribution in [0.1, 0.15) is 0 Å². The number of rotatable bonds is 0. The van der Waals surface area contributed by atoms with Crippen molar-refractivity contribution in [3.8, 4) is 0 Å². The molecule has 0 unspecified atom stereocenters. The second-order valence-corrected chi connectivity index (χ2v) is 4.80. The molecule has 0 radical (unpaired) electrons. The van der Waals surface area contributed by atoms with E-state index in [9.17, 15) is 0 Å². The molecule has 0 aliphatic rings. The molecular weight excluding hydrogens is 390 g/mol. The summed E-state index contributed by atoms with van der Waals surface area (Å²) in [6.45, 7) is 0. The predicted octanol–water partition coefficient (Wildman–Crippen LogP) is 3.03. The highest BCUT2D eigenvalue weighted by Crippen LogP contribution is 2.27. The van der Waals surface area contributed by atoms with Crippen molar-refractivity contribution in [1.82, 2.24) is 4.98 Å². The molecule has 0 aliphatic carbocycles. The number of fused-ring (bicyclic) bond motifs is 1. The number of aromatic nitrogens is 1. The SMILES string of the molecule is Nc1nc2ccccc2c(I)c1I. The summed E-state index contributed by atoms with van der Waals surface area (Å²) in [4.78, 5) is 4.30. The number of hydrogen-bond acceptors (Lipinski definition) is 2. The van der Waals surface area contributed by atoms with Crippen molar-refractivity contribution in [3.63, 3.8) is 0 Å². The second kappa shape index (κ2) is 3.56. The zero-order valence-electron chi connectivity index (χ0n) is 6.59. The van der Waals surface area contributed by atoms with Crippen LogP contribution in [0.2, 0.25) is 0 Å². The van der Waals surface area contributed by atoms with Crippen molar-refractivity contribution in [2.75, 3.05) is 5.73 Å². The van der Waals surface area contributed by atoms with Gasteiger partial charge in [-0.2, -0.15) is 0 Å².